The summed E-state index contributed by atoms with van der Waals surface area (Å²) in [5.74, 6) is -0.143. The van der Waals surface area contributed by atoms with E-state index in [-0.39, 0.29) is 5.91 Å². The van der Waals surface area contributed by atoms with Crippen molar-refractivity contribution in [3.63, 3.8) is 0 Å². The first-order chi connectivity index (χ1) is 9.63. The van der Waals surface area contributed by atoms with Crippen LogP contribution in [0.3, 0.4) is 0 Å². The predicted molar refractivity (Wildman–Crippen MR) is 82.8 cm³/mol. The van der Waals surface area contributed by atoms with Crippen LogP contribution in [-0.2, 0) is 7.05 Å². The minimum absolute atomic E-state index is 0.143. The highest BCUT2D eigenvalue weighted by Crippen LogP contribution is 2.18. The van der Waals surface area contributed by atoms with Crippen molar-refractivity contribution in [1.82, 2.24) is 9.55 Å². The van der Waals surface area contributed by atoms with E-state index in [1.807, 2.05) is 41.9 Å². The molecule has 3 aromatic rings. The Morgan fingerprint density at radius 2 is 2.10 bits per heavy atom. The van der Waals surface area contributed by atoms with Crippen LogP contribution >= 0.6 is 15.9 Å². The van der Waals surface area contributed by atoms with Gasteiger partial charge in [0.1, 0.15) is 0 Å². The number of carbonyl (C=O) groups is 1. The Labute approximate surface area is 124 Å². The number of aromatic nitrogens is 2. The first kappa shape index (κ1) is 12.9. The van der Waals surface area contributed by atoms with Crippen LogP contribution in [0.1, 0.15) is 10.4 Å². The molecule has 0 spiro atoms. The molecule has 5 heteroatoms. The van der Waals surface area contributed by atoms with Crippen molar-refractivity contribution < 1.29 is 4.79 Å². The molecule has 0 aliphatic heterocycles. The Morgan fingerprint density at radius 3 is 2.90 bits per heavy atom. The minimum Gasteiger partial charge on any atom is -0.334 e. The molecule has 1 N–H and O–H groups in total. The number of benzene rings is 2. The second-order valence-corrected chi connectivity index (χ2v) is 5.44. The zero-order valence-corrected chi connectivity index (χ0v) is 12.4. The van der Waals surface area contributed by atoms with E-state index in [1.165, 1.54) is 0 Å². The number of rotatable bonds is 2. The predicted octanol–water partition coefficient (Wildman–Crippen LogP) is 3.59. The summed E-state index contributed by atoms with van der Waals surface area (Å²) in [5, 5.41) is 2.87. The monoisotopic (exact) mass is 329 g/mol. The van der Waals surface area contributed by atoms with Gasteiger partial charge in [0.2, 0.25) is 0 Å². The molecule has 0 fully saturated rings. The molecule has 1 aromatic heterocycles. The van der Waals surface area contributed by atoms with Gasteiger partial charge >= 0.3 is 0 Å². The standard InChI is InChI=1S/C15H12BrN3O/c1-19-9-17-13-7-10(5-6-14(13)19)15(20)18-12-4-2-3-11(16)8-12/h2-9H,1H3,(H,18,20). The van der Waals surface area contributed by atoms with Crippen LogP contribution in [0.4, 0.5) is 5.69 Å². The highest BCUT2D eigenvalue weighted by atomic mass is 79.9. The fraction of sp³-hybridized carbons (Fsp3) is 0.0667. The Bertz CT molecular complexity index is 795. The Kier molecular flexibility index (Phi) is 3.28. The van der Waals surface area contributed by atoms with E-state index in [0.717, 1.165) is 21.2 Å². The lowest BCUT2D eigenvalue weighted by molar-refractivity contribution is 0.102. The van der Waals surface area contributed by atoms with Gasteiger partial charge < -0.3 is 9.88 Å². The van der Waals surface area contributed by atoms with Crippen molar-refractivity contribution in [2.24, 2.45) is 7.05 Å². The molecule has 0 saturated carbocycles. The summed E-state index contributed by atoms with van der Waals surface area (Å²) in [7, 11) is 1.93. The van der Waals surface area contributed by atoms with Gasteiger partial charge in [-0.3, -0.25) is 4.79 Å². The van der Waals surface area contributed by atoms with Crippen LogP contribution in [0.5, 0.6) is 0 Å². The van der Waals surface area contributed by atoms with E-state index in [4.69, 9.17) is 0 Å². The average Bonchev–Trinajstić information content (AvgIpc) is 2.80. The molecule has 0 radical (unpaired) electrons. The van der Waals surface area contributed by atoms with E-state index in [0.29, 0.717) is 5.56 Å². The largest absolute Gasteiger partial charge is 0.334 e. The number of halogens is 1. The molecule has 100 valence electrons. The molecule has 0 saturated heterocycles. The first-order valence-electron chi connectivity index (χ1n) is 6.11. The van der Waals surface area contributed by atoms with Crippen molar-refractivity contribution in [2.75, 3.05) is 5.32 Å². The Balaban J connectivity index is 1.88. The number of hydrogen-bond donors (Lipinski definition) is 1. The number of nitrogens with zero attached hydrogens (tertiary/aromatic N) is 2. The number of fused-ring (bicyclic) bond motifs is 1. The van der Waals surface area contributed by atoms with Crippen LogP contribution in [0.25, 0.3) is 11.0 Å². The van der Waals surface area contributed by atoms with Crippen molar-refractivity contribution in [1.29, 1.82) is 0 Å². The van der Waals surface area contributed by atoms with Crippen molar-refractivity contribution in [3.05, 3.63) is 58.8 Å². The van der Waals surface area contributed by atoms with Crippen LogP contribution in [0.15, 0.2) is 53.3 Å². The fourth-order valence-corrected chi connectivity index (χ4v) is 2.45. The van der Waals surface area contributed by atoms with Gasteiger partial charge in [-0.25, -0.2) is 4.98 Å². The van der Waals surface area contributed by atoms with Crippen LogP contribution in [0, 0.1) is 0 Å². The summed E-state index contributed by atoms with van der Waals surface area (Å²) < 4.78 is 2.85. The van der Waals surface area contributed by atoms with E-state index >= 15 is 0 Å². The molecule has 2 aromatic carbocycles. The Hall–Kier alpha value is -2.14. The second kappa shape index (κ2) is 5.09. The van der Waals surface area contributed by atoms with E-state index in [9.17, 15) is 4.79 Å². The number of anilines is 1. The normalized spacial score (nSPS) is 10.7. The molecule has 1 heterocycles. The van der Waals surface area contributed by atoms with E-state index in [1.54, 1.807) is 18.5 Å². The number of carbonyl (C=O) groups excluding carboxylic acids is 1. The van der Waals surface area contributed by atoms with Crippen LogP contribution in [-0.4, -0.2) is 15.5 Å². The number of aryl methyl sites for hydroxylation is 1. The van der Waals surface area contributed by atoms with Gasteiger partial charge in [-0.1, -0.05) is 22.0 Å². The number of imidazole rings is 1. The zero-order valence-electron chi connectivity index (χ0n) is 10.8. The maximum Gasteiger partial charge on any atom is 0.255 e. The lowest BCUT2D eigenvalue weighted by Crippen LogP contribution is -2.11. The zero-order chi connectivity index (χ0) is 14.1. The molecule has 0 aliphatic carbocycles. The number of nitrogens with one attached hydrogen (secondary N) is 1. The van der Waals surface area contributed by atoms with Crippen molar-refractivity contribution >= 4 is 38.6 Å². The summed E-state index contributed by atoms with van der Waals surface area (Å²) in [5.41, 5.74) is 3.17. The molecule has 4 nitrogen and oxygen atoms in total. The average molecular weight is 330 g/mol. The van der Waals surface area contributed by atoms with Crippen molar-refractivity contribution in [2.45, 2.75) is 0 Å². The van der Waals surface area contributed by atoms with Gasteiger partial charge in [-0.05, 0) is 36.4 Å². The van der Waals surface area contributed by atoms with Crippen LogP contribution in [0.2, 0.25) is 0 Å². The van der Waals surface area contributed by atoms with Gasteiger partial charge in [0.15, 0.2) is 0 Å². The van der Waals surface area contributed by atoms with Gasteiger partial charge in [-0.15, -0.1) is 0 Å². The molecule has 0 atom stereocenters. The molecule has 0 unspecified atom stereocenters. The fourth-order valence-electron chi connectivity index (χ4n) is 2.05. The molecular weight excluding hydrogens is 318 g/mol. The highest BCUT2D eigenvalue weighted by Gasteiger charge is 2.08. The minimum atomic E-state index is -0.143. The number of amides is 1. The third kappa shape index (κ3) is 2.44. The second-order valence-electron chi connectivity index (χ2n) is 4.52. The van der Waals surface area contributed by atoms with E-state index in [2.05, 4.69) is 26.2 Å². The number of hydrogen-bond acceptors (Lipinski definition) is 2. The maximum atomic E-state index is 12.2. The smallest absolute Gasteiger partial charge is 0.255 e. The molecular formula is C15H12BrN3O. The van der Waals surface area contributed by atoms with Gasteiger partial charge in [0, 0.05) is 22.8 Å². The van der Waals surface area contributed by atoms with Gasteiger partial charge in [0.05, 0.1) is 17.4 Å². The summed E-state index contributed by atoms with van der Waals surface area (Å²) in [4.78, 5) is 16.5. The van der Waals surface area contributed by atoms with Crippen molar-refractivity contribution in [3.8, 4) is 0 Å². The molecule has 0 aliphatic rings. The van der Waals surface area contributed by atoms with Gasteiger partial charge in [-0.2, -0.15) is 0 Å². The summed E-state index contributed by atoms with van der Waals surface area (Å²) in [6.07, 6.45) is 1.74. The molecule has 1 amide bonds. The third-order valence-corrected chi connectivity index (χ3v) is 3.56. The summed E-state index contributed by atoms with van der Waals surface area (Å²) in [6.45, 7) is 0. The summed E-state index contributed by atoms with van der Waals surface area (Å²) >= 11 is 3.38. The lowest BCUT2D eigenvalue weighted by atomic mass is 10.2. The molecule has 20 heavy (non-hydrogen) atoms. The topological polar surface area (TPSA) is 46.9 Å². The maximum absolute atomic E-state index is 12.2. The highest BCUT2D eigenvalue weighted by molar-refractivity contribution is 9.10. The lowest BCUT2D eigenvalue weighted by Gasteiger charge is -2.06. The quantitative estimate of drug-likeness (QED) is 0.781. The SMILES string of the molecule is Cn1cnc2cc(C(=O)Nc3cccc(Br)c3)ccc21. The Morgan fingerprint density at radius 1 is 1.25 bits per heavy atom. The van der Waals surface area contributed by atoms with Crippen LogP contribution < -0.4 is 5.32 Å². The first-order valence-corrected chi connectivity index (χ1v) is 6.91. The molecule has 0 bridgehead atoms. The summed E-state index contributed by atoms with van der Waals surface area (Å²) in [6, 6.07) is 13.0. The third-order valence-electron chi connectivity index (χ3n) is 3.07. The molecule has 3 rings (SSSR count). The van der Waals surface area contributed by atoms with Gasteiger partial charge in [0.25, 0.3) is 5.91 Å². The van der Waals surface area contributed by atoms with E-state index < -0.39 is 0 Å².